The topological polar surface area (TPSA) is 65.8 Å². The number of nitrogens with zero attached hydrogens (tertiary/aromatic N) is 3. The van der Waals surface area contributed by atoms with Crippen LogP contribution < -0.4 is 0 Å². The molecule has 3 rings (SSSR count). The highest BCUT2D eigenvalue weighted by atomic mass is 16.1. The average molecular weight is 277 g/mol. The van der Waals surface area contributed by atoms with E-state index in [1.165, 1.54) is 0 Å². The van der Waals surface area contributed by atoms with Gasteiger partial charge in [0.2, 0.25) is 0 Å². The highest BCUT2D eigenvalue weighted by Gasteiger charge is 2.36. The number of carbonyl (C=O) groups is 1. The summed E-state index contributed by atoms with van der Waals surface area (Å²) in [6.45, 7) is 0. The monoisotopic (exact) mass is 277 g/mol. The van der Waals surface area contributed by atoms with Gasteiger partial charge in [0.25, 0.3) is 0 Å². The predicted molar refractivity (Wildman–Crippen MR) is 82.1 cm³/mol. The Morgan fingerprint density at radius 2 is 1.86 bits per heavy atom. The van der Waals surface area contributed by atoms with Gasteiger partial charge < -0.3 is 0 Å². The molecule has 104 valence electrons. The summed E-state index contributed by atoms with van der Waals surface area (Å²) in [5, 5.41) is 3.92. The van der Waals surface area contributed by atoms with Crippen molar-refractivity contribution < 1.29 is 4.79 Å². The summed E-state index contributed by atoms with van der Waals surface area (Å²) in [6.07, 6.45) is 9.75. The second-order valence-corrected chi connectivity index (χ2v) is 5.34. The van der Waals surface area contributed by atoms with E-state index in [1.807, 2.05) is 42.5 Å². The normalized spacial score (nSPS) is 19.7. The lowest BCUT2D eigenvalue weighted by Crippen LogP contribution is -2.24. The lowest BCUT2D eigenvalue weighted by atomic mass is 9.67. The predicted octanol–water partition coefficient (Wildman–Crippen LogP) is 4.57. The molecule has 0 N–H and O–H groups in total. The van der Waals surface area contributed by atoms with E-state index in [0.717, 1.165) is 36.1 Å². The molecule has 4 heteroatoms. The molecule has 0 amide bonds. The fourth-order valence-electron chi connectivity index (χ4n) is 3.17. The summed E-state index contributed by atoms with van der Waals surface area (Å²) in [7, 11) is 0. The SMILES string of the molecule is [N-]=[N+]=NC1=C(c2ccccc2)C2(C=CC(=O)C=C2)CCC1. The maximum atomic E-state index is 11.5. The zero-order valence-electron chi connectivity index (χ0n) is 11.6. The Bertz CT molecular complexity index is 691. The van der Waals surface area contributed by atoms with Gasteiger partial charge in [-0.15, -0.1) is 0 Å². The highest BCUT2D eigenvalue weighted by Crippen LogP contribution is 2.49. The van der Waals surface area contributed by atoms with Gasteiger partial charge in [0, 0.05) is 16.0 Å². The Morgan fingerprint density at radius 1 is 1.14 bits per heavy atom. The quantitative estimate of drug-likeness (QED) is 0.443. The molecule has 1 spiro atoms. The number of hydrogen-bond acceptors (Lipinski definition) is 2. The van der Waals surface area contributed by atoms with Gasteiger partial charge in [-0.1, -0.05) is 47.6 Å². The molecule has 2 aliphatic carbocycles. The van der Waals surface area contributed by atoms with Gasteiger partial charge in [-0.2, -0.15) is 0 Å². The van der Waals surface area contributed by atoms with Crippen molar-refractivity contribution in [1.29, 1.82) is 0 Å². The van der Waals surface area contributed by atoms with E-state index in [9.17, 15) is 4.79 Å². The van der Waals surface area contributed by atoms with Crippen molar-refractivity contribution in [2.24, 2.45) is 10.5 Å². The number of benzene rings is 1. The zero-order valence-corrected chi connectivity index (χ0v) is 11.6. The fraction of sp³-hybridized carbons (Fsp3) is 0.235. The number of allylic oxidation sites excluding steroid dienone is 6. The van der Waals surface area contributed by atoms with E-state index in [4.69, 9.17) is 5.53 Å². The summed E-state index contributed by atoms with van der Waals surface area (Å²) < 4.78 is 0. The van der Waals surface area contributed by atoms with Crippen LogP contribution in [0.3, 0.4) is 0 Å². The fourth-order valence-corrected chi connectivity index (χ4v) is 3.17. The zero-order chi connectivity index (χ0) is 14.7. The first-order valence-corrected chi connectivity index (χ1v) is 7.02. The molecule has 1 aromatic carbocycles. The first-order valence-electron chi connectivity index (χ1n) is 7.02. The molecule has 0 saturated carbocycles. The number of carbonyl (C=O) groups excluding carboxylic acids is 1. The second-order valence-electron chi connectivity index (χ2n) is 5.34. The minimum absolute atomic E-state index is 0.00365. The van der Waals surface area contributed by atoms with Gasteiger partial charge in [0.15, 0.2) is 5.78 Å². The molecule has 0 aromatic heterocycles. The first kappa shape index (κ1) is 13.4. The maximum Gasteiger partial charge on any atom is 0.178 e. The third-order valence-electron chi connectivity index (χ3n) is 4.08. The Hall–Kier alpha value is -2.58. The van der Waals surface area contributed by atoms with E-state index < -0.39 is 0 Å². The summed E-state index contributed by atoms with van der Waals surface area (Å²) in [5.41, 5.74) is 11.4. The van der Waals surface area contributed by atoms with E-state index in [2.05, 4.69) is 10.0 Å². The molecule has 21 heavy (non-hydrogen) atoms. The molecule has 0 saturated heterocycles. The van der Waals surface area contributed by atoms with Crippen LogP contribution in [0.15, 0.2) is 65.4 Å². The van der Waals surface area contributed by atoms with Crippen LogP contribution in [0.25, 0.3) is 16.0 Å². The Balaban J connectivity index is 2.22. The minimum Gasteiger partial charge on any atom is -0.290 e. The second kappa shape index (κ2) is 5.43. The van der Waals surface area contributed by atoms with Crippen LogP contribution in [0.4, 0.5) is 0 Å². The molecule has 1 aromatic rings. The van der Waals surface area contributed by atoms with Crippen LogP contribution in [-0.2, 0) is 4.79 Å². The Kier molecular flexibility index (Phi) is 3.46. The minimum atomic E-state index is -0.336. The van der Waals surface area contributed by atoms with Crippen LogP contribution in [-0.4, -0.2) is 5.78 Å². The van der Waals surface area contributed by atoms with E-state index in [0.29, 0.717) is 0 Å². The lowest BCUT2D eigenvalue weighted by Gasteiger charge is -2.37. The molecular formula is C17H15N3O. The molecule has 0 unspecified atom stereocenters. The molecule has 0 atom stereocenters. The van der Waals surface area contributed by atoms with Gasteiger partial charge in [0.1, 0.15) is 0 Å². The largest absolute Gasteiger partial charge is 0.290 e. The Labute approximate surface area is 123 Å². The van der Waals surface area contributed by atoms with Crippen molar-refractivity contribution in [3.63, 3.8) is 0 Å². The maximum absolute atomic E-state index is 11.5. The summed E-state index contributed by atoms with van der Waals surface area (Å²) >= 11 is 0. The van der Waals surface area contributed by atoms with Crippen molar-refractivity contribution in [3.05, 3.63) is 76.3 Å². The highest BCUT2D eigenvalue weighted by molar-refractivity contribution is 6.01. The molecule has 0 aliphatic heterocycles. The van der Waals surface area contributed by atoms with E-state index in [1.54, 1.807) is 12.2 Å². The van der Waals surface area contributed by atoms with E-state index in [-0.39, 0.29) is 11.2 Å². The summed E-state index contributed by atoms with van der Waals surface area (Å²) in [5.74, 6) is 0.00365. The number of hydrogen-bond donors (Lipinski definition) is 0. The number of ketones is 1. The first-order chi connectivity index (χ1) is 10.2. The van der Waals surface area contributed by atoms with Gasteiger partial charge in [-0.3, -0.25) is 4.79 Å². The molecule has 4 nitrogen and oxygen atoms in total. The van der Waals surface area contributed by atoms with Gasteiger partial charge in [-0.25, -0.2) is 0 Å². The number of azide groups is 1. The van der Waals surface area contributed by atoms with Gasteiger partial charge in [0.05, 0.1) is 0 Å². The third-order valence-corrected chi connectivity index (χ3v) is 4.08. The lowest BCUT2D eigenvalue weighted by molar-refractivity contribution is -0.110. The smallest absolute Gasteiger partial charge is 0.178 e. The van der Waals surface area contributed by atoms with Crippen molar-refractivity contribution in [1.82, 2.24) is 0 Å². The molecular weight excluding hydrogens is 262 g/mol. The van der Waals surface area contributed by atoms with Crippen LogP contribution in [0, 0.1) is 5.41 Å². The summed E-state index contributed by atoms with van der Waals surface area (Å²) in [6, 6.07) is 9.95. The van der Waals surface area contributed by atoms with Crippen LogP contribution in [0.1, 0.15) is 24.8 Å². The summed E-state index contributed by atoms with van der Waals surface area (Å²) in [4.78, 5) is 14.4. The van der Waals surface area contributed by atoms with Crippen LogP contribution >= 0.6 is 0 Å². The molecule has 2 aliphatic rings. The van der Waals surface area contributed by atoms with E-state index >= 15 is 0 Å². The molecule has 0 bridgehead atoms. The van der Waals surface area contributed by atoms with Crippen LogP contribution in [0.5, 0.6) is 0 Å². The van der Waals surface area contributed by atoms with Crippen molar-refractivity contribution in [2.45, 2.75) is 19.3 Å². The van der Waals surface area contributed by atoms with Crippen molar-refractivity contribution in [2.75, 3.05) is 0 Å². The molecule has 0 radical (unpaired) electrons. The molecule has 0 heterocycles. The number of rotatable bonds is 2. The van der Waals surface area contributed by atoms with Crippen molar-refractivity contribution >= 4 is 11.4 Å². The standard InChI is InChI=1S/C17H15N3O/c18-20-19-15-7-4-10-17(11-8-14(21)9-12-17)16(15)13-5-2-1-3-6-13/h1-3,5-6,8-9,11-12H,4,7,10H2. The van der Waals surface area contributed by atoms with Crippen molar-refractivity contribution in [3.8, 4) is 0 Å². The Morgan fingerprint density at radius 3 is 2.52 bits per heavy atom. The molecule has 0 fully saturated rings. The third kappa shape index (κ3) is 2.41. The van der Waals surface area contributed by atoms with Crippen LogP contribution in [0.2, 0.25) is 0 Å². The van der Waals surface area contributed by atoms with Gasteiger partial charge in [-0.05, 0) is 48.1 Å². The average Bonchev–Trinajstić information content (AvgIpc) is 2.52. The van der Waals surface area contributed by atoms with Gasteiger partial charge >= 0.3 is 0 Å².